The second-order valence-corrected chi connectivity index (χ2v) is 8.64. The van der Waals surface area contributed by atoms with Crippen LogP contribution in [0.25, 0.3) is 15.8 Å². The van der Waals surface area contributed by atoms with Crippen LogP contribution in [-0.4, -0.2) is 23.0 Å². The Balaban J connectivity index is 1.40. The van der Waals surface area contributed by atoms with Crippen molar-refractivity contribution in [2.75, 3.05) is 13.1 Å². The maximum absolute atomic E-state index is 4.45. The first-order chi connectivity index (χ1) is 13.1. The number of nitrogens with zero attached hydrogens (tertiary/aromatic N) is 2. The Morgan fingerprint density at radius 2 is 2.00 bits per heavy atom. The Bertz CT molecular complexity index is 948. The Kier molecular flexibility index (Phi) is 5.42. The van der Waals surface area contributed by atoms with Crippen LogP contribution in [0.15, 0.2) is 48.5 Å². The molecule has 27 heavy (non-hydrogen) atoms. The van der Waals surface area contributed by atoms with E-state index in [4.69, 9.17) is 0 Å². The van der Waals surface area contributed by atoms with E-state index in [-0.39, 0.29) is 0 Å². The van der Waals surface area contributed by atoms with Gasteiger partial charge in [-0.1, -0.05) is 43.3 Å². The highest BCUT2D eigenvalue weighted by atomic mass is 32.1. The molecule has 2 aromatic carbocycles. The molecule has 0 aliphatic carbocycles. The van der Waals surface area contributed by atoms with Crippen LogP contribution in [0.1, 0.15) is 54.9 Å². The van der Waals surface area contributed by atoms with Crippen molar-refractivity contribution in [3.05, 3.63) is 70.7 Å². The molecule has 1 aliphatic heterocycles. The second-order valence-electron chi connectivity index (χ2n) is 7.76. The molecular weight excluding hydrogens is 348 g/mol. The third-order valence-electron chi connectivity index (χ3n) is 5.83. The number of aryl methyl sites for hydroxylation is 1. The molecule has 0 radical (unpaired) electrons. The number of thiazole rings is 1. The SMILES string of the molecule is C=C(C)c1ccc(C2CCN(Cc3ccc4scnc4c3)CC2)cc1CC. The van der Waals surface area contributed by atoms with Crippen LogP contribution in [0.3, 0.4) is 0 Å². The number of rotatable bonds is 5. The van der Waals surface area contributed by atoms with E-state index < -0.39 is 0 Å². The molecule has 0 spiro atoms. The number of benzene rings is 2. The quantitative estimate of drug-likeness (QED) is 0.521. The molecule has 0 amide bonds. The molecule has 0 saturated carbocycles. The summed E-state index contributed by atoms with van der Waals surface area (Å²) in [6, 6.07) is 13.8. The Labute approximate surface area is 166 Å². The van der Waals surface area contributed by atoms with E-state index in [0.717, 1.165) is 18.5 Å². The Morgan fingerprint density at radius 3 is 2.74 bits per heavy atom. The van der Waals surface area contributed by atoms with Gasteiger partial charge in [0.2, 0.25) is 0 Å². The van der Waals surface area contributed by atoms with Crippen molar-refractivity contribution in [1.29, 1.82) is 0 Å². The molecule has 2 nitrogen and oxygen atoms in total. The van der Waals surface area contributed by atoms with Crippen molar-refractivity contribution in [1.82, 2.24) is 9.88 Å². The first kappa shape index (κ1) is 18.4. The van der Waals surface area contributed by atoms with Gasteiger partial charge in [0.15, 0.2) is 0 Å². The summed E-state index contributed by atoms with van der Waals surface area (Å²) < 4.78 is 1.28. The zero-order chi connectivity index (χ0) is 18.8. The van der Waals surface area contributed by atoms with E-state index in [2.05, 4.69) is 66.7 Å². The van der Waals surface area contributed by atoms with E-state index in [1.165, 1.54) is 58.5 Å². The van der Waals surface area contributed by atoms with Gasteiger partial charge in [-0.05, 0) is 79.6 Å². The normalized spacial score (nSPS) is 16.1. The van der Waals surface area contributed by atoms with Crippen molar-refractivity contribution >= 4 is 27.1 Å². The monoisotopic (exact) mass is 376 g/mol. The smallest absolute Gasteiger partial charge is 0.0815 e. The maximum atomic E-state index is 4.45. The van der Waals surface area contributed by atoms with Gasteiger partial charge in [-0.3, -0.25) is 4.90 Å². The molecule has 0 N–H and O–H groups in total. The summed E-state index contributed by atoms with van der Waals surface area (Å²) in [6.45, 7) is 11.9. The van der Waals surface area contributed by atoms with E-state index in [0.29, 0.717) is 5.92 Å². The van der Waals surface area contributed by atoms with Crippen molar-refractivity contribution < 1.29 is 0 Å². The minimum Gasteiger partial charge on any atom is -0.299 e. The summed E-state index contributed by atoms with van der Waals surface area (Å²) in [6.07, 6.45) is 3.57. The highest BCUT2D eigenvalue weighted by Crippen LogP contribution is 2.31. The van der Waals surface area contributed by atoms with Crippen molar-refractivity contribution in [3.8, 4) is 0 Å². The van der Waals surface area contributed by atoms with Gasteiger partial charge in [0.1, 0.15) is 0 Å². The number of piperidine rings is 1. The molecule has 2 heterocycles. The Morgan fingerprint density at radius 1 is 1.19 bits per heavy atom. The number of hydrogen-bond acceptors (Lipinski definition) is 3. The van der Waals surface area contributed by atoms with Gasteiger partial charge in [-0.15, -0.1) is 11.3 Å². The first-order valence-electron chi connectivity index (χ1n) is 9.97. The van der Waals surface area contributed by atoms with Gasteiger partial charge in [-0.25, -0.2) is 4.98 Å². The highest BCUT2D eigenvalue weighted by Gasteiger charge is 2.21. The fourth-order valence-electron chi connectivity index (χ4n) is 4.26. The topological polar surface area (TPSA) is 16.1 Å². The molecule has 1 aromatic heterocycles. The van der Waals surface area contributed by atoms with Crippen LogP contribution in [0.2, 0.25) is 0 Å². The number of allylic oxidation sites excluding steroid dienone is 1. The zero-order valence-corrected chi connectivity index (χ0v) is 17.2. The number of aromatic nitrogens is 1. The summed E-state index contributed by atoms with van der Waals surface area (Å²) in [5, 5.41) is 0. The van der Waals surface area contributed by atoms with Crippen LogP contribution in [0, 0.1) is 0 Å². The van der Waals surface area contributed by atoms with Crippen LogP contribution in [0.5, 0.6) is 0 Å². The molecule has 0 atom stereocenters. The van der Waals surface area contributed by atoms with Gasteiger partial charge < -0.3 is 0 Å². The fourth-order valence-corrected chi connectivity index (χ4v) is 4.92. The van der Waals surface area contributed by atoms with Crippen LogP contribution in [0.4, 0.5) is 0 Å². The summed E-state index contributed by atoms with van der Waals surface area (Å²) in [5.41, 5.74) is 9.91. The minimum atomic E-state index is 0.687. The predicted molar refractivity (Wildman–Crippen MR) is 117 cm³/mol. The highest BCUT2D eigenvalue weighted by molar-refractivity contribution is 7.16. The maximum Gasteiger partial charge on any atom is 0.0815 e. The molecule has 0 bridgehead atoms. The molecule has 3 heteroatoms. The van der Waals surface area contributed by atoms with Crippen LogP contribution in [-0.2, 0) is 13.0 Å². The lowest BCUT2D eigenvalue weighted by Crippen LogP contribution is -2.32. The molecule has 0 unspecified atom stereocenters. The lowest BCUT2D eigenvalue weighted by atomic mass is 9.86. The standard InChI is InChI=1S/C24H28N2S/c1-4-19-14-21(6-7-22(19)17(2)3)20-9-11-26(12-10-20)15-18-5-8-24-23(13-18)25-16-27-24/h5-8,13-14,16,20H,2,4,9-12,15H2,1,3H3. The van der Waals surface area contributed by atoms with Crippen molar-refractivity contribution in [2.24, 2.45) is 0 Å². The first-order valence-corrected chi connectivity index (χ1v) is 10.8. The summed E-state index contributed by atoms with van der Waals surface area (Å²) >= 11 is 1.72. The summed E-state index contributed by atoms with van der Waals surface area (Å²) in [5.74, 6) is 0.687. The molecule has 4 rings (SSSR count). The number of likely N-dealkylation sites (tertiary alicyclic amines) is 1. The molecule has 1 fully saturated rings. The average molecular weight is 377 g/mol. The van der Waals surface area contributed by atoms with Gasteiger partial charge in [-0.2, -0.15) is 0 Å². The number of fused-ring (bicyclic) bond motifs is 1. The minimum absolute atomic E-state index is 0.687. The second kappa shape index (κ2) is 7.95. The summed E-state index contributed by atoms with van der Waals surface area (Å²) in [7, 11) is 0. The van der Waals surface area contributed by atoms with Crippen molar-refractivity contribution in [2.45, 2.75) is 45.6 Å². The molecule has 140 valence electrons. The largest absolute Gasteiger partial charge is 0.299 e. The third kappa shape index (κ3) is 3.99. The zero-order valence-electron chi connectivity index (χ0n) is 16.4. The van der Waals surface area contributed by atoms with Gasteiger partial charge in [0.05, 0.1) is 15.7 Å². The Hall–Kier alpha value is -1.97. The fraction of sp³-hybridized carbons (Fsp3) is 0.375. The molecule has 1 aliphatic rings. The van der Waals surface area contributed by atoms with E-state index in [1.54, 1.807) is 11.3 Å². The lowest BCUT2D eigenvalue weighted by Gasteiger charge is -2.32. The number of hydrogen-bond donors (Lipinski definition) is 0. The van der Waals surface area contributed by atoms with Gasteiger partial charge >= 0.3 is 0 Å². The van der Waals surface area contributed by atoms with Gasteiger partial charge in [0, 0.05) is 6.54 Å². The molecule has 3 aromatic rings. The van der Waals surface area contributed by atoms with E-state index in [9.17, 15) is 0 Å². The molecule has 1 saturated heterocycles. The van der Waals surface area contributed by atoms with E-state index in [1.807, 2.05) is 5.51 Å². The predicted octanol–water partition coefficient (Wildman–Crippen LogP) is 6.27. The summed E-state index contributed by atoms with van der Waals surface area (Å²) in [4.78, 5) is 7.04. The van der Waals surface area contributed by atoms with E-state index >= 15 is 0 Å². The van der Waals surface area contributed by atoms with Gasteiger partial charge in [0.25, 0.3) is 0 Å². The molecular formula is C24H28N2S. The van der Waals surface area contributed by atoms with Crippen LogP contribution >= 0.6 is 11.3 Å². The average Bonchev–Trinajstić information content (AvgIpc) is 3.16. The lowest BCUT2D eigenvalue weighted by molar-refractivity contribution is 0.204. The van der Waals surface area contributed by atoms with Crippen molar-refractivity contribution in [3.63, 3.8) is 0 Å². The van der Waals surface area contributed by atoms with Crippen LogP contribution < -0.4 is 0 Å². The third-order valence-corrected chi connectivity index (χ3v) is 6.64.